The third-order valence-electron chi connectivity index (χ3n) is 4.31. The summed E-state index contributed by atoms with van der Waals surface area (Å²) in [4.78, 5) is 6.78. The van der Waals surface area contributed by atoms with Gasteiger partial charge in [0.2, 0.25) is 0 Å². The summed E-state index contributed by atoms with van der Waals surface area (Å²) in [6.07, 6.45) is 2.43. The lowest BCUT2D eigenvalue weighted by molar-refractivity contribution is 0.643. The summed E-state index contributed by atoms with van der Waals surface area (Å²) in [6.45, 7) is 4.43. The Morgan fingerprint density at radius 3 is 2.57 bits per heavy atom. The minimum absolute atomic E-state index is 0. The second kappa shape index (κ2) is 7.33. The van der Waals surface area contributed by atoms with E-state index in [1.165, 1.54) is 12.1 Å². The van der Waals surface area contributed by atoms with Crippen molar-refractivity contribution in [1.29, 1.82) is 0 Å². The van der Waals surface area contributed by atoms with E-state index >= 15 is 0 Å². The van der Waals surface area contributed by atoms with Gasteiger partial charge in [0.15, 0.2) is 5.96 Å². The molecule has 3 unspecified atom stereocenters. The number of nitrogens with zero attached hydrogens (tertiary/aromatic N) is 2. The van der Waals surface area contributed by atoms with Gasteiger partial charge in [-0.1, -0.05) is 25.1 Å². The van der Waals surface area contributed by atoms with Gasteiger partial charge in [-0.15, -0.1) is 24.0 Å². The summed E-state index contributed by atoms with van der Waals surface area (Å²) < 4.78 is 0. The van der Waals surface area contributed by atoms with Gasteiger partial charge >= 0.3 is 0 Å². The van der Waals surface area contributed by atoms with Gasteiger partial charge in [0.25, 0.3) is 0 Å². The molecule has 0 amide bonds. The van der Waals surface area contributed by atoms with Crippen LogP contribution >= 0.6 is 24.0 Å². The predicted molar refractivity (Wildman–Crippen MR) is 99.7 cm³/mol. The molecular weight excluding hydrogens is 375 g/mol. The number of para-hydroxylation sites is 1. The molecule has 1 aliphatic heterocycles. The zero-order valence-electron chi connectivity index (χ0n) is 12.7. The lowest BCUT2D eigenvalue weighted by Gasteiger charge is -2.20. The number of hydrogen-bond acceptors (Lipinski definition) is 2. The molecule has 1 aliphatic carbocycles. The Morgan fingerprint density at radius 2 is 1.95 bits per heavy atom. The molecule has 5 heteroatoms. The van der Waals surface area contributed by atoms with E-state index in [-0.39, 0.29) is 24.0 Å². The normalized spacial score (nSPS) is 28.0. The third-order valence-corrected chi connectivity index (χ3v) is 4.31. The lowest BCUT2D eigenvalue weighted by atomic mass is 10.3. The molecule has 2 aliphatic rings. The fraction of sp³-hybridized carbons (Fsp3) is 0.562. The molecule has 1 saturated carbocycles. The molecule has 4 nitrogen and oxygen atoms in total. The molecule has 1 heterocycles. The van der Waals surface area contributed by atoms with E-state index in [0.29, 0.717) is 12.1 Å². The quantitative estimate of drug-likeness (QED) is 0.465. The molecule has 0 spiro atoms. The van der Waals surface area contributed by atoms with Gasteiger partial charge in [0, 0.05) is 37.9 Å². The maximum atomic E-state index is 4.34. The highest BCUT2D eigenvalue weighted by molar-refractivity contribution is 14.0. The molecule has 0 radical (unpaired) electrons. The number of rotatable bonds is 3. The van der Waals surface area contributed by atoms with Crippen LogP contribution < -0.4 is 15.5 Å². The molecule has 21 heavy (non-hydrogen) atoms. The summed E-state index contributed by atoms with van der Waals surface area (Å²) in [7, 11) is 1.85. The molecule has 3 atom stereocenters. The second-order valence-corrected chi connectivity index (χ2v) is 5.95. The Labute approximate surface area is 144 Å². The zero-order chi connectivity index (χ0) is 13.9. The van der Waals surface area contributed by atoms with E-state index in [1.54, 1.807) is 0 Å². The number of aliphatic imine (C=N–C) groups is 1. The van der Waals surface area contributed by atoms with Gasteiger partial charge in [0.1, 0.15) is 0 Å². The van der Waals surface area contributed by atoms with Crippen LogP contribution in [0.1, 0.15) is 19.8 Å². The molecule has 1 saturated heterocycles. The summed E-state index contributed by atoms with van der Waals surface area (Å²) in [5.74, 6) is 1.75. The van der Waals surface area contributed by atoms with Crippen LogP contribution in [0.25, 0.3) is 0 Å². The summed E-state index contributed by atoms with van der Waals surface area (Å²) in [5.41, 5.74) is 1.32. The first-order valence-corrected chi connectivity index (χ1v) is 7.56. The van der Waals surface area contributed by atoms with Crippen LogP contribution in [0.3, 0.4) is 0 Å². The predicted octanol–water partition coefficient (Wildman–Crippen LogP) is 2.46. The molecule has 2 fully saturated rings. The van der Waals surface area contributed by atoms with Crippen molar-refractivity contribution in [1.82, 2.24) is 10.6 Å². The van der Waals surface area contributed by atoms with Crippen LogP contribution in [0.2, 0.25) is 0 Å². The van der Waals surface area contributed by atoms with Gasteiger partial charge < -0.3 is 15.5 Å². The van der Waals surface area contributed by atoms with Crippen LogP contribution in [-0.2, 0) is 0 Å². The van der Waals surface area contributed by atoms with Gasteiger partial charge in [-0.3, -0.25) is 4.99 Å². The third kappa shape index (κ3) is 4.25. The van der Waals surface area contributed by atoms with E-state index in [4.69, 9.17) is 0 Å². The van der Waals surface area contributed by atoms with Gasteiger partial charge in [0.05, 0.1) is 0 Å². The summed E-state index contributed by atoms with van der Waals surface area (Å²) in [5, 5.41) is 7.05. The van der Waals surface area contributed by atoms with Crippen LogP contribution in [0, 0.1) is 5.92 Å². The Hall–Kier alpha value is -0.980. The minimum Gasteiger partial charge on any atom is -0.369 e. The Balaban J connectivity index is 0.00000161. The number of benzene rings is 1. The molecule has 116 valence electrons. The van der Waals surface area contributed by atoms with Crippen molar-refractivity contribution in [3.63, 3.8) is 0 Å². The monoisotopic (exact) mass is 400 g/mol. The first-order valence-electron chi connectivity index (χ1n) is 7.56. The number of hydrogen-bond donors (Lipinski definition) is 2. The first kappa shape index (κ1) is 16.4. The highest BCUT2D eigenvalue weighted by Crippen LogP contribution is 2.28. The molecule has 3 rings (SSSR count). The van der Waals surface area contributed by atoms with E-state index in [0.717, 1.165) is 31.4 Å². The van der Waals surface area contributed by atoms with Crippen molar-refractivity contribution < 1.29 is 0 Å². The van der Waals surface area contributed by atoms with Crippen molar-refractivity contribution in [2.45, 2.75) is 31.8 Å². The van der Waals surface area contributed by atoms with Crippen molar-refractivity contribution in [3.8, 4) is 0 Å². The molecule has 1 aromatic rings. The number of nitrogens with one attached hydrogen (secondary N) is 2. The van der Waals surface area contributed by atoms with Crippen LogP contribution in [-0.4, -0.2) is 38.2 Å². The largest absolute Gasteiger partial charge is 0.369 e. The number of anilines is 1. The fourth-order valence-electron chi connectivity index (χ4n) is 2.81. The molecule has 2 N–H and O–H groups in total. The first-order chi connectivity index (χ1) is 9.76. The highest BCUT2D eigenvalue weighted by Gasteiger charge is 2.34. The minimum atomic E-state index is 0. The van der Waals surface area contributed by atoms with Gasteiger partial charge in [-0.05, 0) is 30.9 Å². The topological polar surface area (TPSA) is 39.7 Å². The second-order valence-electron chi connectivity index (χ2n) is 5.95. The van der Waals surface area contributed by atoms with Crippen molar-refractivity contribution in [2.75, 3.05) is 25.0 Å². The van der Waals surface area contributed by atoms with Gasteiger partial charge in [-0.2, -0.15) is 0 Å². The van der Waals surface area contributed by atoms with Crippen molar-refractivity contribution in [2.24, 2.45) is 10.9 Å². The lowest BCUT2D eigenvalue weighted by Crippen LogP contribution is -2.45. The van der Waals surface area contributed by atoms with E-state index < -0.39 is 0 Å². The Morgan fingerprint density at radius 1 is 1.24 bits per heavy atom. The van der Waals surface area contributed by atoms with Crippen LogP contribution in [0.5, 0.6) is 0 Å². The Bertz CT molecular complexity index is 476. The van der Waals surface area contributed by atoms with E-state index in [1.807, 2.05) is 7.05 Å². The van der Waals surface area contributed by atoms with Crippen LogP contribution in [0.4, 0.5) is 5.69 Å². The Kier molecular flexibility index (Phi) is 5.72. The van der Waals surface area contributed by atoms with E-state index in [2.05, 4.69) is 57.8 Å². The van der Waals surface area contributed by atoms with E-state index in [9.17, 15) is 0 Å². The molecule has 1 aromatic carbocycles. The maximum Gasteiger partial charge on any atom is 0.191 e. The van der Waals surface area contributed by atoms with Gasteiger partial charge in [-0.25, -0.2) is 0 Å². The summed E-state index contributed by atoms with van der Waals surface area (Å²) in [6, 6.07) is 11.7. The smallest absolute Gasteiger partial charge is 0.191 e. The van der Waals surface area contributed by atoms with Crippen molar-refractivity contribution >= 4 is 35.6 Å². The molecule has 0 bridgehead atoms. The standard InChI is InChI=1S/C16H24N4.HI/c1-12-10-15(12)19-16(17-2)18-13-8-9-20(11-13)14-6-4-3-5-7-14;/h3-7,12-13,15H,8-11H2,1-2H3,(H2,17,18,19);1H. The average molecular weight is 400 g/mol. The maximum absolute atomic E-state index is 4.34. The highest BCUT2D eigenvalue weighted by atomic mass is 127. The summed E-state index contributed by atoms with van der Waals surface area (Å²) >= 11 is 0. The fourth-order valence-corrected chi connectivity index (χ4v) is 2.81. The molecular formula is C16H25IN4. The number of halogens is 1. The zero-order valence-corrected chi connectivity index (χ0v) is 15.1. The van der Waals surface area contributed by atoms with Crippen LogP contribution in [0.15, 0.2) is 35.3 Å². The SMILES string of the molecule is CN=C(NC1CCN(c2ccccc2)C1)NC1CC1C.I. The average Bonchev–Trinajstić information content (AvgIpc) is 2.99. The number of guanidine groups is 1. The molecule has 0 aromatic heterocycles. The van der Waals surface area contributed by atoms with Crippen molar-refractivity contribution in [3.05, 3.63) is 30.3 Å².